The predicted octanol–water partition coefficient (Wildman–Crippen LogP) is 1.47. The number of aromatic nitrogens is 1. The monoisotopic (exact) mass is 279 g/mol. The van der Waals surface area contributed by atoms with Crippen molar-refractivity contribution in [3.05, 3.63) is 24.0 Å². The van der Waals surface area contributed by atoms with Gasteiger partial charge in [-0.1, -0.05) is 0 Å². The first-order valence-corrected chi connectivity index (χ1v) is 6.51. The highest BCUT2D eigenvalue weighted by molar-refractivity contribution is 5.90. The molecule has 2 rings (SSSR count). The average Bonchev–Trinajstić information content (AvgIpc) is 2.92. The first-order chi connectivity index (χ1) is 9.65. The molecule has 1 aliphatic rings. The normalized spacial score (nSPS) is 17.7. The number of nitrogens with one attached hydrogen (secondary N) is 2. The fourth-order valence-corrected chi connectivity index (χ4v) is 1.99. The molecule has 0 bridgehead atoms. The number of anilines is 1. The van der Waals surface area contributed by atoms with E-state index in [9.17, 15) is 9.59 Å². The molecule has 0 saturated carbocycles. The lowest BCUT2D eigenvalue weighted by Gasteiger charge is -2.10. The molecular weight excluding hydrogens is 262 g/mol. The maximum absolute atomic E-state index is 11.6. The van der Waals surface area contributed by atoms with E-state index in [-0.39, 0.29) is 17.8 Å². The van der Waals surface area contributed by atoms with Crippen LogP contribution in [0, 0.1) is 0 Å². The summed E-state index contributed by atoms with van der Waals surface area (Å²) in [5.41, 5.74) is 0.388. The molecule has 1 aromatic rings. The number of carboxylic acids is 1. The lowest BCUT2D eigenvalue weighted by atomic mass is 10.2. The van der Waals surface area contributed by atoms with Crippen LogP contribution in [0.25, 0.3) is 0 Å². The molecule has 1 unspecified atom stereocenters. The Morgan fingerprint density at radius 1 is 1.45 bits per heavy atom. The van der Waals surface area contributed by atoms with Gasteiger partial charge < -0.3 is 20.5 Å². The minimum Gasteiger partial charge on any atom is -0.477 e. The van der Waals surface area contributed by atoms with Crippen LogP contribution < -0.4 is 10.6 Å². The Labute approximate surface area is 116 Å². The van der Waals surface area contributed by atoms with Crippen LogP contribution in [-0.4, -0.2) is 41.3 Å². The number of hydrogen-bond donors (Lipinski definition) is 3. The van der Waals surface area contributed by atoms with Crippen LogP contribution in [0.2, 0.25) is 0 Å². The zero-order valence-corrected chi connectivity index (χ0v) is 11.0. The van der Waals surface area contributed by atoms with Gasteiger partial charge in [0, 0.05) is 13.2 Å². The number of nitrogens with zero attached hydrogens (tertiary/aromatic N) is 1. The Morgan fingerprint density at radius 2 is 2.30 bits per heavy atom. The van der Waals surface area contributed by atoms with Gasteiger partial charge >= 0.3 is 12.0 Å². The van der Waals surface area contributed by atoms with Crippen LogP contribution in [0.1, 0.15) is 29.8 Å². The quantitative estimate of drug-likeness (QED) is 0.757. The number of pyridine rings is 1. The molecule has 0 aromatic carbocycles. The fourth-order valence-electron chi connectivity index (χ4n) is 1.99. The van der Waals surface area contributed by atoms with Crippen LogP contribution in [0.3, 0.4) is 0 Å². The van der Waals surface area contributed by atoms with Crippen LogP contribution >= 0.6 is 0 Å². The Bertz CT molecular complexity index is 469. The molecule has 3 N–H and O–H groups in total. The number of urea groups is 1. The van der Waals surface area contributed by atoms with E-state index < -0.39 is 5.97 Å². The Hall–Kier alpha value is -2.15. The molecule has 7 nitrogen and oxygen atoms in total. The average molecular weight is 279 g/mol. The summed E-state index contributed by atoms with van der Waals surface area (Å²) in [4.78, 5) is 25.9. The van der Waals surface area contributed by atoms with Gasteiger partial charge in [-0.05, 0) is 31.4 Å². The second-order valence-electron chi connectivity index (χ2n) is 4.54. The Morgan fingerprint density at radius 3 is 2.90 bits per heavy atom. The summed E-state index contributed by atoms with van der Waals surface area (Å²) in [6, 6.07) is 2.49. The highest BCUT2D eigenvalue weighted by Gasteiger charge is 2.15. The molecule has 1 aliphatic heterocycles. The third kappa shape index (κ3) is 4.20. The van der Waals surface area contributed by atoms with Gasteiger partial charge in [0.25, 0.3) is 0 Å². The molecule has 1 aromatic heterocycles. The van der Waals surface area contributed by atoms with Crippen LogP contribution in [0.5, 0.6) is 0 Å². The maximum atomic E-state index is 11.6. The molecule has 0 spiro atoms. The van der Waals surface area contributed by atoms with Crippen molar-refractivity contribution in [2.24, 2.45) is 0 Å². The van der Waals surface area contributed by atoms with Crippen molar-refractivity contribution in [1.82, 2.24) is 10.3 Å². The van der Waals surface area contributed by atoms with Gasteiger partial charge in [0.1, 0.15) is 5.69 Å². The summed E-state index contributed by atoms with van der Waals surface area (Å²) in [6.07, 6.45) is 4.47. The molecule has 108 valence electrons. The number of amides is 2. The second kappa shape index (κ2) is 6.85. The van der Waals surface area contributed by atoms with Gasteiger partial charge in [-0.25, -0.2) is 14.6 Å². The molecule has 0 radical (unpaired) electrons. The van der Waals surface area contributed by atoms with Gasteiger partial charge in [-0.2, -0.15) is 0 Å². The summed E-state index contributed by atoms with van der Waals surface area (Å²) >= 11 is 0. The zero-order chi connectivity index (χ0) is 14.4. The summed E-state index contributed by atoms with van der Waals surface area (Å²) in [5, 5.41) is 14.0. The van der Waals surface area contributed by atoms with E-state index in [4.69, 9.17) is 9.84 Å². The summed E-state index contributed by atoms with van der Waals surface area (Å²) in [6.45, 7) is 1.34. The fraction of sp³-hybridized carbons (Fsp3) is 0.462. The molecule has 7 heteroatoms. The third-order valence-corrected chi connectivity index (χ3v) is 3.02. The van der Waals surface area contributed by atoms with E-state index in [1.54, 1.807) is 0 Å². The van der Waals surface area contributed by atoms with E-state index >= 15 is 0 Å². The van der Waals surface area contributed by atoms with Crippen molar-refractivity contribution in [2.75, 3.05) is 18.5 Å². The van der Waals surface area contributed by atoms with E-state index in [0.717, 1.165) is 25.9 Å². The smallest absolute Gasteiger partial charge is 0.354 e. The van der Waals surface area contributed by atoms with Gasteiger partial charge in [0.05, 0.1) is 18.0 Å². The number of hydrogen-bond acceptors (Lipinski definition) is 4. The third-order valence-electron chi connectivity index (χ3n) is 3.02. The molecule has 20 heavy (non-hydrogen) atoms. The van der Waals surface area contributed by atoms with E-state index in [2.05, 4.69) is 15.6 Å². The summed E-state index contributed by atoms with van der Waals surface area (Å²) < 4.78 is 5.45. The lowest BCUT2D eigenvalue weighted by molar-refractivity contribution is 0.0690. The number of carbonyl (C=O) groups is 2. The Kier molecular flexibility index (Phi) is 4.89. The predicted molar refractivity (Wildman–Crippen MR) is 71.8 cm³/mol. The number of carbonyl (C=O) groups excluding carboxylic acids is 1. The van der Waals surface area contributed by atoms with Crippen LogP contribution in [0.4, 0.5) is 10.5 Å². The van der Waals surface area contributed by atoms with Crippen LogP contribution in [0.15, 0.2) is 18.3 Å². The van der Waals surface area contributed by atoms with Crippen molar-refractivity contribution >= 4 is 17.7 Å². The highest BCUT2D eigenvalue weighted by Crippen LogP contribution is 2.14. The minimum atomic E-state index is -1.10. The highest BCUT2D eigenvalue weighted by atomic mass is 16.5. The maximum Gasteiger partial charge on any atom is 0.354 e. The lowest BCUT2D eigenvalue weighted by Crippen LogP contribution is -2.31. The molecular formula is C13H17N3O4. The minimum absolute atomic E-state index is 0.0608. The van der Waals surface area contributed by atoms with Crippen molar-refractivity contribution in [2.45, 2.75) is 25.4 Å². The molecule has 1 saturated heterocycles. The molecule has 1 fully saturated rings. The standard InChI is InChI=1S/C13H17N3O4/c17-12(18)11-4-3-9(8-15-11)16-13(19)14-6-5-10-2-1-7-20-10/h3-4,8,10H,1-2,5-7H2,(H,17,18)(H2,14,16,19). The number of rotatable bonds is 5. The van der Waals surface area contributed by atoms with Gasteiger partial charge in [0.2, 0.25) is 0 Å². The second-order valence-corrected chi connectivity index (χ2v) is 4.54. The zero-order valence-electron chi connectivity index (χ0n) is 11.0. The summed E-state index contributed by atoms with van der Waals surface area (Å²) in [5.74, 6) is -1.10. The van der Waals surface area contributed by atoms with Crippen molar-refractivity contribution < 1.29 is 19.4 Å². The molecule has 2 heterocycles. The molecule has 0 aliphatic carbocycles. The largest absolute Gasteiger partial charge is 0.477 e. The van der Waals surface area contributed by atoms with Crippen molar-refractivity contribution in [3.63, 3.8) is 0 Å². The van der Waals surface area contributed by atoms with Crippen molar-refractivity contribution in [3.8, 4) is 0 Å². The Balaban J connectivity index is 1.71. The number of aromatic carboxylic acids is 1. The number of ether oxygens (including phenoxy) is 1. The van der Waals surface area contributed by atoms with E-state index in [0.29, 0.717) is 12.2 Å². The van der Waals surface area contributed by atoms with Crippen molar-refractivity contribution in [1.29, 1.82) is 0 Å². The number of carboxylic acid groups (broad SMARTS) is 1. The first-order valence-electron chi connectivity index (χ1n) is 6.51. The molecule has 2 amide bonds. The van der Waals surface area contributed by atoms with Gasteiger partial charge in [-0.15, -0.1) is 0 Å². The van der Waals surface area contributed by atoms with Crippen LogP contribution in [-0.2, 0) is 4.74 Å². The molecule has 1 atom stereocenters. The van der Waals surface area contributed by atoms with E-state index in [1.807, 2.05) is 0 Å². The SMILES string of the molecule is O=C(NCCC1CCCO1)Nc1ccc(C(=O)O)nc1. The van der Waals surface area contributed by atoms with E-state index in [1.165, 1.54) is 18.3 Å². The topological polar surface area (TPSA) is 101 Å². The summed E-state index contributed by atoms with van der Waals surface area (Å²) in [7, 11) is 0. The van der Waals surface area contributed by atoms with Gasteiger partial charge in [-0.3, -0.25) is 0 Å². The van der Waals surface area contributed by atoms with Gasteiger partial charge in [0.15, 0.2) is 0 Å². The first kappa shape index (κ1) is 14.3.